The predicted molar refractivity (Wildman–Crippen MR) is 187 cm³/mol. The lowest BCUT2D eigenvalue weighted by atomic mass is 9.70. The number of carbonyl (C=O) groups excluding carboxylic acids is 4. The summed E-state index contributed by atoms with van der Waals surface area (Å²) in [5, 5.41) is 13.5. The maximum Gasteiger partial charge on any atom is 0.313 e. The van der Waals surface area contributed by atoms with Crippen LogP contribution in [-0.2, 0) is 28.7 Å². The number of benzene rings is 1. The summed E-state index contributed by atoms with van der Waals surface area (Å²) >= 11 is 3.74. The van der Waals surface area contributed by atoms with Gasteiger partial charge in [-0.15, -0.1) is 13.2 Å². The third-order valence-electron chi connectivity index (χ3n) is 10.2. The first kappa shape index (κ1) is 37.8. The molecule has 3 aliphatic heterocycles. The number of hydrogen-bond donors (Lipinski definition) is 2. The first-order chi connectivity index (χ1) is 22.9. The van der Waals surface area contributed by atoms with Crippen LogP contribution in [0.25, 0.3) is 0 Å². The van der Waals surface area contributed by atoms with Gasteiger partial charge in [-0.25, -0.2) is 0 Å². The number of likely N-dealkylation sites (tertiary alicyclic amines) is 1. The van der Waals surface area contributed by atoms with E-state index in [0.29, 0.717) is 18.4 Å². The Bertz CT molecular complexity index is 1340. The molecule has 10 atom stereocenters. The summed E-state index contributed by atoms with van der Waals surface area (Å²) in [6, 6.07) is 6.73. The van der Waals surface area contributed by atoms with Gasteiger partial charge in [-0.1, -0.05) is 85.6 Å². The highest BCUT2D eigenvalue weighted by Crippen LogP contribution is 2.61. The highest BCUT2D eigenvalue weighted by Gasteiger charge is 2.77. The Hall–Kier alpha value is -3.02. The van der Waals surface area contributed by atoms with Gasteiger partial charge in [0.2, 0.25) is 17.7 Å². The molecule has 3 heterocycles. The fourth-order valence-electron chi connectivity index (χ4n) is 7.89. The molecule has 3 amide bonds. The summed E-state index contributed by atoms with van der Waals surface area (Å²) in [4.78, 5) is 59.4. The molecule has 264 valence electrons. The van der Waals surface area contributed by atoms with Gasteiger partial charge in [0.15, 0.2) is 0 Å². The second-order valence-electron chi connectivity index (χ2n) is 13.8. The third-order valence-corrected chi connectivity index (χ3v) is 11.0. The molecular formula is C37H52BrN3O7. The van der Waals surface area contributed by atoms with Crippen LogP contribution >= 0.6 is 15.9 Å². The van der Waals surface area contributed by atoms with Crippen LogP contribution in [0.1, 0.15) is 78.4 Å². The van der Waals surface area contributed by atoms with Gasteiger partial charge >= 0.3 is 5.97 Å². The fourth-order valence-corrected chi connectivity index (χ4v) is 8.83. The average Bonchev–Trinajstić information content (AvgIpc) is 3.65. The Kier molecular flexibility index (Phi) is 12.7. The van der Waals surface area contributed by atoms with Crippen LogP contribution in [0.5, 0.6) is 0 Å². The summed E-state index contributed by atoms with van der Waals surface area (Å²) in [5.41, 5.74) is -0.619. The highest BCUT2D eigenvalue weighted by atomic mass is 79.9. The van der Waals surface area contributed by atoms with E-state index in [0.717, 1.165) is 12.8 Å². The van der Waals surface area contributed by atoms with Gasteiger partial charge < -0.3 is 29.7 Å². The Morgan fingerprint density at radius 1 is 1.19 bits per heavy atom. The number of alkyl halides is 1. The minimum atomic E-state index is -1.31. The Balaban J connectivity index is 1.75. The first-order valence-electron chi connectivity index (χ1n) is 17.2. The van der Waals surface area contributed by atoms with E-state index in [-0.39, 0.29) is 48.2 Å². The van der Waals surface area contributed by atoms with Crippen molar-refractivity contribution in [3.05, 3.63) is 61.2 Å². The van der Waals surface area contributed by atoms with E-state index in [1.807, 2.05) is 51.1 Å². The molecule has 2 N–H and O–H groups in total. The van der Waals surface area contributed by atoms with Gasteiger partial charge in [0.05, 0.1) is 36.6 Å². The van der Waals surface area contributed by atoms with Crippen LogP contribution in [0.3, 0.4) is 0 Å². The van der Waals surface area contributed by atoms with Gasteiger partial charge in [-0.3, -0.25) is 19.2 Å². The number of nitrogens with one attached hydrogen (secondary N) is 1. The van der Waals surface area contributed by atoms with Crippen LogP contribution < -0.4 is 5.32 Å². The zero-order chi connectivity index (χ0) is 35.3. The van der Waals surface area contributed by atoms with Crippen LogP contribution in [0.2, 0.25) is 0 Å². The predicted octanol–water partition coefficient (Wildman–Crippen LogP) is 4.71. The summed E-state index contributed by atoms with van der Waals surface area (Å²) < 4.78 is 13.0. The normalized spacial score (nSPS) is 28.4. The van der Waals surface area contributed by atoms with Gasteiger partial charge in [0.1, 0.15) is 17.7 Å². The van der Waals surface area contributed by atoms with Crippen molar-refractivity contribution in [3.63, 3.8) is 0 Å². The summed E-state index contributed by atoms with van der Waals surface area (Å²) in [7, 11) is 0. The SMILES string of the molecule is C=CCCC(=O)N[C@@H](C)[C@H](OC(=O)[C@@H]1[C@H]2O[C@@]3(CC2Br)[C@H](C(=O)N(CC=C)C(C)CCC)N([C@@H](CO)C(C)C)C(=O)[C@@H]13)c1ccccc1. The molecule has 0 aromatic heterocycles. The van der Waals surface area contributed by atoms with Crippen molar-refractivity contribution >= 4 is 39.6 Å². The summed E-state index contributed by atoms with van der Waals surface area (Å²) in [5.74, 6) is -3.70. The lowest BCUT2D eigenvalue weighted by Gasteiger charge is -2.41. The number of fused-ring (bicyclic) bond motifs is 1. The molecule has 2 bridgehead atoms. The van der Waals surface area contributed by atoms with Gasteiger partial charge in [-0.2, -0.15) is 0 Å². The maximum absolute atomic E-state index is 14.7. The molecule has 1 aromatic rings. The molecule has 48 heavy (non-hydrogen) atoms. The van der Waals surface area contributed by atoms with Crippen LogP contribution in [-0.4, -0.2) is 92.4 Å². The van der Waals surface area contributed by atoms with Crippen molar-refractivity contribution in [1.82, 2.24) is 15.1 Å². The molecule has 1 spiro atoms. The van der Waals surface area contributed by atoms with Crippen molar-refractivity contribution in [2.75, 3.05) is 13.2 Å². The molecule has 3 fully saturated rings. The van der Waals surface area contributed by atoms with Gasteiger partial charge in [0.25, 0.3) is 0 Å². The molecular weight excluding hydrogens is 678 g/mol. The number of carbonyl (C=O) groups is 4. The van der Waals surface area contributed by atoms with Gasteiger partial charge in [-0.05, 0) is 44.6 Å². The number of hydrogen-bond acceptors (Lipinski definition) is 7. The molecule has 4 rings (SSSR count). The summed E-state index contributed by atoms with van der Waals surface area (Å²) in [6.45, 7) is 17.1. The largest absolute Gasteiger partial charge is 0.455 e. The minimum absolute atomic E-state index is 0.131. The number of halogens is 1. The standard InChI is InChI=1S/C37H52BrN3O7/c1-8-11-18-28(43)39-24(7)31(25-16-13-12-14-17-25)47-36(46)29-30-34(44)41(27(21-42)22(4)5)33(37(30)20-26(38)32(29)48-37)35(45)40(19-10-3)23(6)15-9-2/h8,10,12-14,16-17,22-24,26-27,29-33,42H,1,3,9,11,15,18-21H2,2,4-7H3,(H,39,43)/t23?,24-,26?,27-,29-,30+,31-,32-,33-,37+/m0/s1. The lowest BCUT2D eigenvalue weighted by Crippen LogP contribution is -2.61. The monoisotopic (exact) mass is 729 g/mol. The second-order valence-corrected chi connectivity index (χ2v) is 14.9. The van der Waals surface area contributed by atoms with E-state index < -0.39 is 59.6 Å². The van der Waals surface area contributed by atoms with Crippen LogP contribution in [0, 0.1) is 17.8 Å². The zero-order valence-corrected chi connectivity index (χ0v) is 30.4. The van der Waals surface area contributed by atoms with E-state index in [9.17, 15) is 24.3 Å². The van der Waals surface area contributed by atoms with Gasteiger partial charge in [0, 0.05) is 23.8 Å². The molecule has 0 aliphatic carbocycles. The van der Waals surface area contributed by atoms with Crippen molar-refractivity contribution in [3.8, 4) is 0 Å². The lowest BCUT2D eigenvalue weighted by molar-refractivity contribution is -0.163. The Labute approximate surface area is 293 Å². The smallest absolute Gasteiger partial charge is 0.313 e. The van der Waals surface area contributed by atoms with E-state index in [4.69, 9.17) is 9.47 Å². The van der Waals surface area contributed by atoms with E-state index in [1.54, 1.807) is 24.0 Å². The van der Waals surface area contributed by atoms with E-state index >= 15 is 0 Å². The average molecular weight is 731 g/mol. The Morgan fingerprint density at radius 3 is 2.46 bits per heavy atom. The van der Waals surface area contributed by atoms with Crippen LogP contribution in [0.4, 0.5) is 0 Å². The van der Waals surface area contributed by atoms with E-state index in [2.05, 4.69) is 41.3 Å². The number of amides is 3. The Morgan fingerprint density at radius 2 is 1.88 bits per heavy atom. The number of aliphatic hydroxyl groups excluding tert-OH is 1. The fraction of sp³-hybridized carbons (Fsp3) is 0.622. The number of allylic oxidation sites excluding steroid dienone is 1. The van der Waals surface area contributed by atoms with Crippen molar-refractivity contribution in [1.29, 1.82) is 0 Å². The van der Waals surface area contributed by atoms with Crippen molar-refractivity contribution < 1.29 is 33.8 Å². The molecule has 2 unspecified atom stereocenters. The molecule has 11 heteroatoms. The van der Waals surface area contributed by atoms with Crippen molar-refractivity contribution in [2.24, 2.45) is 17.8 Å². The number of rotatable bonds is 17. The zero-order valence-electron chi connectivity index (χ0n) is 28.8. The topological polar surface area (TPSA) is 125 Å². The summed E-state index contributed by atoms with van der Waals surface area (Å²) in [6.07, 6.45) is 4.49. The quantitative estimate of drug-likeness (QED) is 0.135. The van der Waals surface area contributed by atoms with Crippen LogP contribution in [0.15, 0.2) is 55.6 Å². The highest BCUT2D eigenvalue weighted by molar-refractivity contribution is 9.09. The number of aliphatic hydroxyl groups is 1. The molecule has 0 saturated carbocycles. The second kappa shape index (κ2) is 16.1. The third kappa shape index (κ3) is 7.14. The first-order valence-corrected chi connectivity index (χ1v) is 18.1. The molecule has 1 aromatic carbocycles. The molecule has 3 saturated heterocycles. The molecule has 0 radical (unpaired) electrons. The van der Waals surface area contributed by atoms with Crippen molar-refractivity contribution in [2.45, 2.75) is 114 Å². The number of nitrogens with zero attached hydrogens (tertiary/aromatic N) is 2. The molecule has 3 aliphatic rings. The number of ether oxygens (including phenoxy) is 2. The molecule has 10 nitrogen and oxygen atoms in total. The minimum Gasteiger partial charge on any atom is -0.455 e. The number of esters is 1. The maximum atomic E-state index is 14.7. The van der Waals surface area contributed by atoms with E-state index in [1.165, 1.54) is 4.90 Å².